The van der Waals surface area contributed by atoms with Crippen molar-refractivity contribution in [2.24, 2.45) is 0 Å². The molecule has 0 heterocycles. The first kappa shape index (κ1) is 21.6. The molecule has 6 nitrogen and oxygen atoms in total. The third-order valence-corrected chi connectivity index (χ3v) is 4.06. The number of carbonyl (C=O) groups is 2. The SMILES string of the molecule is CCOc1ccccc1C(=O)NCCCC(=O)NCCOc1ccc(Cl)cc1. The lowest BCUT2D eigenvalue weighted by molar-refractivity contribution is -0.121. The maximum atomic E-state index is 12.2. The number of benzene rings is 2. The van der Waals surface area contributed by atoms with Crippen molar-refractivity contribution >= 4 is 23.4 Å². The maximum Gasteiger partial charge on any atom is 0.255 e. The van der Waals surface area contributed by atoms with Gasteiger partial charge in [-0.05, 0) is 49.7 Å². The third kappa shape index (κ3) is 7.48. The van der Waals surface area contributed by atoms with Gasteiger partial charge in [-0.1, -0.05) is 23.7 Å². The molecule has 0 aromatic heterocycles. The number of hydrogen-bond acceptors (Lipinski definition) is 4. The highest BCUT2D eigenvalue weighted by molar-refractivity contribution is 6.30. The topological polar surface area (TPSA) is 76.7 Å². The summed E-state index contributed by atoms with van der Waals surface area (Å²) in [5, 5.41) is 6.25. The molecule has 0 spiro atoms. The molecule has 0 bridgehead atoms. The fourth-order valence-electron chi connectivity index (χ4n) is 2.46. The fraction of sp³-hybridized carbons (Fsp3) is 0.333. The van der Waals surface area contributed by atoms with Crippen molar-refractivity contribution in [1.82, 2.24) is 10.6 Å². The van der Waals surface area contributed by atoms with E-state index in [1.54, 1.807) is 42.5 Å². The molecule has 7 heteroatoms. The van der Waals surface area contributed by atoms with Crippen molar-refractivity contribution in [3.05, 3.63) is 59.1 Å². The average molecular weight is 405 g/mol. The van der Waals surface area contributed by atoms with E-state index >= 15 is 0 Å². The van der Waals surface area contributed by atoms with Crippen molar-refractivity contribution in [2.45, 2.75) is 19.8 Å². The number of nitrogens with one attached hydrogen (secondary N) is 2. The predicted octanol–water partition coefficient (Wildman–Crippen LogP) is 3.44. The summed E-state index contributed by atoms with van der Waals surface area (Å²) >= 11 is 5.81. The molecular formula is C21H25ClN2O4. The molecule has 0 saturated carbocycles. The highest BCUT2D eigenvalue weighted by Crippen LogP contribution is 2.17. The van der Waals surface area contributed by atoms with Crippen molar-refractivity contribution < 1.29 is 19.1 Å². The van der Waals surface area contributed by atoms with Crippen LogP contribution in [0.15, 0.2) is 48.5 Å². The second kappa shape index (κ2) is 11.9. The van der Waals surface area contributed by atoms with Crippen LogP contribution in [0.2, 0.25) is 5.02 Å². The van der Waals surface area contributed by atoms with E-state index in [0.717, 1.165) is 0 Å². The Balaban J connectivity index is 1.59. The van der Waals surface area contributed by atoms with Gasteiger partial charge in [0.25, 0.3) is 5.91 Å². The second-order valence-corrected chi connectivity index (χ2v) is 6.38. The molecule has 0 aliphatic carbocycles. The third-order valence-electron chi connectivity index (χ3n) is 3.80. The van der Waals surface area contributed by atoms with Crippen LogP contribution < -0.4 is 20.1 Å². The van der Waals surface area contributed by atoms with Gasteiger partial charge in [0.2, 0.25) is 5.91 Å². The molecule has 2 aromatic carbocycles. The minimum Gasteiger partial charge on any atom is -0.493 e. The van der Waals surface area contributed by atoms with Crippen LogP contribution >= 0.6 is 11.6 Å². The van der Waals surface area contributed by atoms with Crippen molar-refractivity contribution in [3.8, 4) is 11.5 Å². The van der Waals surface area contributed by atoms with Crippen molar-refractivity contribution in [1.29, 1.82) is 0 Å². The molecule has 2 rings (SSSR count). The summed E-state index contributed by atoms with van der Waals surface area (Å²) in [6.07, 6.45) is 0.876. The minimum absolute atomic E-state index is 0.0799. The Morgan fingerprint density at radius 2 is 1.71 bits per heavy atom. The van der Waals surface area contributed by atoms with Crippen LogP contribution in [0.3, 0.4) is 0 Å². The Hall–Kier alpha value is -2.73. The molecule has 0 saturated heterocycles. The van der Waals surface area contributed by atoms with Gasteiger partial charge >= 0.3 is 0 Å². The Morgan fingerprint density at radius 1 is 0.964 bits per heavy atom. The van der Waals surface area contributed by atoms with E-state index in [-0.39, 0.29) is 11.8 Å². The lowest BCUT2D eigenvalue weighted by atomic mass is 10.2. The predicted molar refractivity (Wildman–Crippen MR) is 109 cm³/mol. The van der Waals surface area contributed by atoms with E-state index in [2.05, 4.69) is 10.6 Å². The van der Waals surface area contributed by atoms with Crippen LogP contribution in [0.5, 0.6) is 11.5 Å². The summed E-state index contributed by atoms with van der Waals surface area (Å²) < 4.78 is 11.0. The smallest absolute Gasteiger partial charge is 0.255 e. The van der Waals surface area contributed by atoms with Gasteiger partial charge < -0.3 is 20.1 Å². The van der Waals surface area contributed by atoms with Crippen LogP contribution in [0.4, 0.5) is 0 Å². The van der Waals surface area contributed by atoms with Gasteiger partial charge in [-0.25, -0.2) is 0 Å². The quantitative estimate of drug-likeness (QED) is 0.562. The highest BCUT2D eigenvalue weighted by Gasteiger charge is 2.11. The van der Waals surface area contributed by atoms with E-state index in [9.17, 15) is 9.59 Å². The molecule has 150 valence electrons. The Labute approximate surface area is 170 Å². The zero-order valence-corrected chi connectivity index (χ0v) is 16.6. The molecule has 0 aliphatic heterocycles. The Morgan fingerprint density at radius 3 is 2.46 bits per heavy atom. The summed E-state index contributed by atoms with van der Waals surface area (Å²) in [5.41, 5.74) is 0.494. The van der Waals surface area contributed by atoms with Crippen LogP contribution in [-0.4, -0.2) is 38.1 Å². The summed E-state index contributed by atoms with van der Waals surface area (Å²) in [7, 11) is 0. The summed E-state index contributed by atoms with van der Waals surface area (Å²) in [5.74, 6) is 0.971. The molecule has 0 unspecified atom stereocenters. The number of amides is 2. The van der Waals surface area contributed by atoms with Crippen LogP contribution in [0.25, 0.3) is 0 Å². The van der Waals surface area contributed by atoms with E-state index in [1.807, 2.05) is 13.0 Å². The standard InChI is InChI=1S/C21H25ClN2O4/c1-2-27-19-7-4-3-6-18(19)21(26)24-13-5-8-20(25)23-14-15-28-17-11-9-16(22)10-12-17/h3-4,6-7,9-12H,2,5,8,13-15H2,1H3,(H,23,25)(H,24,26). The lowest BCUT2D eigenvalue weighted by Gasteiger charge is -2.10. The summed E-state index contributed by atoms with van der Waals surface area (Å²) in [6, 6.07) is 14.1. The van der Waals surface area contributed by atoms with Crippen molar-refractivity contribution in [3.63, 3.8) is 0 Å². The van der Waals surface area contributed by atoms with Gasteiger partial charge in [0.1, 0.15) is 18.1 Å². The zero-order chi connectivity index (χ0) is 20.2. The number of halogens is 1. The van der Waals surface area contributed by atoms with Crippen LogP contribution in [0, 0.1) is 0 Å². The molecule has 2 amide bonds. The first-order valence-corrected chi connectivity index (χ1v) is 9.63. The van der Waals surface area contributed by atoms with E-state index < -0.39 is 0 Å². The lowest BCUT2D eigenvalue weighted by Crippen LogP contribution is -2.30. The molecule has 0 fully saturated rings. The van der Waals surface area contributed by atoms with Gasteiger partial charge in [0.15, 0.2) is 0 Å². The molecule has 0 aliphatic rings. The first-order valence-electron chi connectivity index (χ1n) is 9.25. The van der Waals surface area contributed by atoms with Crippen molar-refractivity contribution in [2.75, 3.05) is 26.3 Å². The summed E-state index contributed by atoms with van der Waals surface area (Å²) in [4.78, 5) is 24.1. The van der Waals surface area contributed by atoms with Gasteiger partial charge in [-0.2, -0.15) is 0 Å². The van der Waals surface area contributed by atoms with Gasteiger partial charge in [-0.3, -0.25) is 9.59 Å². The first-order chi connectivity index (χ1) is 13.6. The number of hydrogen-bond donors (Lipinski definition) is 2. The fourth-order valence-corrected chi connectivity index (χ4v) is 2.59. The Bertz CT molecular complexity index is 765. The zero-order valence-electron chi connectivity index (χ0n) is 15.9. The molecular weight excluding hydrogens is 380 g/mol. The molecule has 2 N–H and O–H groups in total. The largest absolute Gasteiger partial charge is 0.493 e. The number of carbonyl (C=O) groups excluding carboxylic acids is 2. The van der Waals surface area contributed by atoms with Crippen LogP contribution in [0.1, 0.15) is 30.1 Å². The molecule has 2 aromatic rings. The highest BCUT2D eigenvalue weighted by atomic mass is 35.5. The minimum atomic E-state index is -0.208. The van der Waals surface area contributed by atoms with Gasteiger partial charge in [0.05, 0.1) is 18.7 Å². The summed E-state index contributed by atoms with van der Waals surface area (Å²) in [6.45, 7) is 3.56. The van der Waals surface area contributed by atoms with Gasteiger partial charge in [0, 0.05) is 18.0 Å². The van der Waals surface area contributed by atoms with E-state index in [4.69, 9.17) is 21.1 Å². The number of rotatable bonds is 11. The van der Waals surface area contributed by atoms with Gasteiger partial charge in [-0.15, -0.1) is 0 Å². The molecule has 0 radical (unpaired) electrons. The van der Waals surface area contributed by atoms with Crippen LogP contribution in [-0.2, 0) is 4.79 Å². The molecule has 0 atom stereocenters. The second-order valence-electron chi connectivity index (χ2n) is 5.94. The maximum absolute atomic E-state index is 12.2. The monoisotopic (exact) mass is 404 g/mol. The normalized spacial score (nSPS) is 10.2. The molecule has 28 heavy (non-hydrogen) atoms. The number of para-hydroxylation sites is 1. The number of ether oxygens (including phenoxy) is 2. The Kier molecular flexibility index (Phi) is 9.15. The van der Waals surface area contributed by atoms with E-state index in [0.29, 0.717) is 61.2 Å². The van der Waals surface area contributed by atoms with E-state index in [1.165, 1.54) is 0 Å². The average Bonchev–Trinajstić information content (AvgIpc) is 2.70.